The first-order chi connectivity index (χ1) is 17.5. The lowest BCUT2D eigenvalue weighted by atomic mass is 10.0. The van der Waals surface area contributed by atoms with E-state index in [0.29, 0.717) is 35.1 Å². The van der Waals surface area contributed by atoms with Gasteiger partial charge in [-0.25, -0.2) is 4.98 Å². The van der Waals surface area contributed by atoms with Gasteiger partial charge in [-0.15, -0.1) is 0 Å². The number of nitrogens with zero attached hydrogens (tertiary/aromatic N) is 2. The molecule has 10 nitrogen and oxygen atoms in total. The van der Waals surface area contributed by atoms with Gasteiger partial charge < -0.3 is 35.0 Å². The lowest BCUT2D eigenvalue weighted by molar-refractivity contribution is -0.117. The summed E-state index contributed by atoms with van der Waals surface area (Å²) in [5.74, 6) is 1.77. The standard InChI is InChI=1S/C25H27N5O5S/c1-32-20-6-5-14(7-19(20)30-25(31)18(26)10-16-11-27-13-28-16)17-12-29-36-24(17)15-8-21(33-2)23(35-4)22(9-15)34-3/h5-9,11-13,18H,10,26H2,1-4H3,(H,27,28)(H,30,31). The number of nitrogens with two attached hydrogens (primary N) is 1. The van der Waals surface area contributed by atoms with Crippen molar-refractivity contribution in [2.45, 2.75) is 12.5 Å². The van der Waals surface area contributed by atoms with Crippen LogP contribution >= 0.6 is 11.5 Å². The van der Waals surface area contributed by atoms with Crippen LogP contribution in [0.2, 0.25) is 0 Å². The molecule has 0 bridgehead atoms. The van der Waals surface area contributed by atoms with Crippen LogP contribution in [-0.2, 0) is 11.2 Å². The lowest BCUT2D eigenvalue weighted by Crippen LogP contribution is -2.37. The van der Waals surface area contributed by atoms with E-state index >= 15 is 0 Å². The van der Waals surface area contributed by atoms with Crippen LogP contribution in [-0.4, -0.2) is 54.7 Å². The molecule has 2 aromatic carbocycles. The Bertz CT molecular complexity index is 1310. The predicted molar refractivity (Wildman–Crippen MR) is 138 cm³/mol. The Labute approximate surface area is 212 Å². The first-order valence-electron chi connectivity index (χ1n) is 11.0. The number of hydrogen-bond donors (Lipinski definition) is 3. The highest BCUT2D eigenvalue weighted by molar-refractivity contribution is 7.10. The molecule has 4 aromatic rings. The van der Waals surface area contributed by atoms with Crippen molar-refractivity contribution in [2.75, 3.05) is 33.8 Å². The highest BCUT2D eigenvalue weighted by Crippen LogP contribution is 2.45. The predicted octanol–water partition coefficient (Wildman–Crippen LogP) is 3.74. The maximum Gasteiger partial charge on any atom is 0.241 e. The Morgan fingerprint density at radius 1 is 1.00 bits per heavy atom. The number of benzene rings is 2. The first-order valence-corrected chi connectivity index (χ1v) is 11.7. The van der Waals surface area contributed by atoms with E-state index in [9.17, 15) is 4.79 Å². The van der Waals surface area contributed by atoms with Crippen molar-refractivity contribution in [3.63, 3.8) is 0 Å². The molecule has 36 heavy (non-hydrogen) atoms. The zero-order chi connectivity index (χ0) is 25.7. The Hall–Kier alpha value is -4.09. The van der Waals surface area contributed by atoms with Crippen molar-refractivity contribution in [1.29, 1.82) is 0 Å². The van der Waals surface area contributed by atoms with Crippen LogP contribution < -0.4 is 30.0 Å². The van der Waals surface area contributed by atoms with E-state index in [2.05, 4.69) is 19.7 Å². The van der Waals surface area contributed by atoms with Gasteiger partial charge >= 0.3 is 0 Å². The van der Waals surface area contributed by atoms with Crippen molar-refractivity contribution in [3.05, 3.63) is 54.7 Å². The Balaban J connectivity index is 1.67. The maximum absolute atomic E-state index is 12.8. The molecule has 0 aliphatic rings. The van der Waals surface area contributed by atoms with Crippen LogP contribution in [0.15, 0.2) is 49.1 Å². The van der Waals surface area contributed by atoms with Crippen molar-refractivity contribution in [3.8, 4) is 44.6 Å². The molecular formula is C25H27N5O5S. The third-order valence-corrected chi connectivity index (χ3v) is 6.45. The van der Waals surface area contributed by atoms with Crippen molar-refractivity contribution < 1.29 is 23.7 Å². The van der Waals surface area contributed by atoms with Gasteiger partial charge in [-0.1, -0.05) is 6.07 Å². The zero-order valence-electron chi connectivity index (χ0n) is 20.3. The van der Waals surface area contributed by atoms with Crippen molar-refractivity contribution in [1.82, 2.24) is 14.3 Å². The first kappa shape index (κ1) is 25.0. The van der Waals surface area contributed by atoms with Crippen LogP contribution in [0.5, 0.6) is 23.0 Å². The molecule has 0 radical (unpaired) electrons. The molecule has 11 heteroatoms. The number of imidazole rings is 1. The number of hydrogen-bond acceptors (Lipinski definition) is 9. The monoisotopic (exact) mass is 509 g/mol. The molecule has 4 rings (SSSR count). The molecule has 188 valence electrons. The molecule has 2 heterocycles. The lowest BCUT2D eigenvalue weighted by Gasteiger charge is -2.16. The summed E-state index contributed by atoms with van der Waals surface area (Å²) in [6.07, 6.45) is 5.30. The Morgan fingerprint density at radius 3 is 2.33 bits per heavy atom. The summed E-state index contributed by atoms with van der Waals surface area (Å²) in [6.45, 7) is 0. The summed E-state index contributed by atoms with van der Waals surface area (Å²) in [4.78, 5) is 20.6. The van der Waals surface area contributed by atoms with Crippen LogP contribution in [0, 0.1) is 0 Å². The van der Waals surface area contributed by atoms with Crippen LogP contribution in [0.3, 0.4) is 0 Å². The molecule has 0 aliphatic heterocycles. The van der Waals surface area contributed by atoms with Gasteiger partial charge in [-0.3, -0.25) is 4.79 Å². The average molecular weight is 510 g/mol. The van der Waals surface area contributed by atoms with Gasteiger partial charge in [0.15, 0.2) is 11.5 Å². The number of aromatic nitrogens is 3. The normalized spacial score (nSPS) is 11.6. The van der Waals surface area contributed by atoms with Gasteiger partial charge in [0.2, 0.25) is 11.7 Å². The molecule has 1 amide bonds. The molecule has 0 aliphatic carbocycles. The molecule has 4 N–H and O–H groups in total. The van der Waals surface area contributed by atoms with E-state index in [-0.39, 0.29) is 5.91 Å². The van der Waals surface area contributed by atoms with Crippen molar-refractivity contribution >= 4 is 23.1 Å². The second-order valence-electron chi connectivity index (χ2n) is 7.77. The molecule has 0 spiro atoms. The van der Waals surface area contributed by atoms with Gasteiger partial charge in [0, 0.05) is 35.6 Å². The molecule has 0 saturated heterocycles. The third-order valence-electron chi connectivity index (χ3n) is 5.60. The van der Waals surface area contributed by atoms with E-state index < -0.39 is 6.04 Å². The number of rotatable bonds is 10. The topological polar surface area (TPSA) is 134 Å². The zero-order valence-corrected chi connectivity index (χ0v) is 21.1. The number of methoxy groups -OCH3 is 4. The summed E-state index contributed by atoms with van der Waals surface area (Å²) >= 11 is 1.34. The molecule has 0 fully saturated rings. The highest BCUT2D eigenvalue weighted by atomic mass is 32.1. The number of anilines is 1. The van der Waals surface area contributed by atoms with Gasteiger partial charge in [0.25, 0.3) is 0 Å². The van der Waals surface area contributed by atoms with Gasteiger partial charge in [0.05, 0.1) is 51.4 Å². The highest BCUT2D eigenvalue weighted by Gasteiger charge is 2.20. The molecule has 1 atom stereocenters. The molecule has 1 unspecified atom stereocenters. The number of amides is 1. The molecular weight excluding hydrogens is 482 g/mol. The second-order valence-corrected chi connectivity index (χ2v) is 8.58. The van der Waals surface area contributed by atoms with Gasteiger partial charge in [-0.2, -0.15) is 4.37 Å². The minimum absolute atomic E-state index is 0.327. The third kappa shape index (κ3) is 5.11. The van der Waals surface area contributed by atoms with E-state index in [1.165, 1.54) is 11.5 Å². The SMILES string of the molecule is COc1ccc(-c2cnsc2-c2cc(OC)c(OC)c(OC)c2)cc1NC(=O)C(N)Cc1cnc[nH]1. The quantitative estimate of drug-likeness (QED) is 0.294. The average Bonchev–Trinajstić information content (AvgIpc) is 3.60. The fraction of sp³-hybridized carbons (Fsp3) is 0.240. The largest absolute Gasteiger partial charge is 0.495 e. The number of H-pyrrole nitrogens is 1. The van der Waals surface area contributed by atoms with E-state index in [4.69, 9.17) is 24.7 Å². The van der Waals surface area contributed by atoms with Gasteiger partial charge in [0.1, 0.15) is 5.75 Å². The smallest absolute Gasteiger partial charge is 0.241 e. The summed E-state index contributed by atoms with van der Waals surface area (Å²) in [5, 5.41) is 2.89. The minimum Gasteiger partial charge on any atom is -0.495 e. The summed E-state index contributed by atoms with van der Waals surface area (Å²) < 4.78 is 26.4. The fourth-order valence-electron chi connectivity index (χ4n) is 3.79. The fourth-order valence-corrected chi connectivity index (χ4v) is 4.55. The Kier molecular flexibility index (Phi) is 7.71. The van der Waals surface area contributed by atoms with Crippen LogP contribution in [0.4, 0.5) is 5.69 Å². The summed E-state index contributed by atoms with van der Waals surface area (Å²) in [7, 11) is 6.25. The number of nitrogens with one attached hydrogen (secondary N) is 2. The van der Waals surface area contributed by atoms with Crippen LogP contribution in [0.25, 0.3) is 21.6 Å². The van der Waals surface area contributed by atoms with Crippen LogP contribution in [0.1, 0.15) is 5.69 Å². The van der Waals surface area contributed by atoms with Gasteiger partial charge in [-0.05, 0) is 41.4 Å². The molecule has 0 saturated carbocycles. The summed E-state index contributed by atoms with van der Waals surface area (Å²) in [6, 6.07) is 8.52. The number of ether oxygens (including phenoxy) is 4. The summed E-state index contributed by atoms with van der Waals surface area (Å²) in [5.41, 5.74) is 9.95. The maximum atomic E-state index is 12.8. The van der Waals surface area contributed by atoms with E-state index in [0.717, 1.165) is 27.3 Å². The number of carbonyl (C=O) groups excluding carboxylic acids is 1. The van der Waals surface area contributed by atoms with Crippen molar-refractivity contribution in [2.24, 2.45) is 5.73 Å². The number of carbonyl (C=O) groups is 1. The van der Waals surface area contributed by atoms with E-state index in [1.807, 2.05) is 24.3 Å². The van der Waals surface area contributed by atoms with E-state index in [1.54, 1.807) is 53.2 Å². The second kappa shape index (κ2) is 11.1. The number of aromatic amines is 1. The Morgan fingerprint density at radius 2 is 1.72 bits per heavy atom. The molecule has 2 aromatic heterocycles. The minimum atomic E-state index is -0.767.